The average molecular weight is 400 g/mol. The van der Waals surface area contributed by atoms with Gasteiger partial charge in [0, 0.05) is 26.3 Å². The Balaban J connectivity index is 0. The zero-order valence-electron chi connectivity index (χ0n) is 18.5. The summed E-state index contributed by atoms with van der Waals surface area (Å²) in [5.41, 5.74) is -0.853. The number of hydroxylamine groups is 2. The lowest BCUT2D eigenvalue weighted by Gasteiger charge is -2.28. The second-order valence-electron chi connectivity index (χ2n) is 7.16. The minimum Gasteiger partial charge on any atom is -0.375 e. The minimum atomic E-state index is -0.575. The van der Waals surface area contributed by atoms with Gasteiger partial charge < -0.3 is 19.1 Å². The molecule has 0 unspecified atom stereocenters. The summed E-state index contributed by atoms with van der Waals surface area (Å²) in [6.45, 7) is 12.3. The first-order chi connectivity index (χ1) is 13.0. The average Bonchev–Trinajstić information content (AvgIpc) is 2.60. The van der Waals surface area contributed by atoms with Gasteiger partial charge in [-0.25, -0.2) is 4.79 Å². The van der Waals surface area contributed by atoms with E-state index in [-0.39, 0.29) is 31.5 Å². The van der Waals surface area contributed by atoms with Gasteiger partial charge in [0.1, 0.15) is 6.29 Å². The molecule has 0 aliphatic rings. The van der Waals surface area contributed by atoms with Gasteiger partial charge in [-0.05, 0) is 34.1 Å². The largest absolute Gasteiger partial charge is 0.375 e. The monoisotopic (exact) mass is 399 g/mol. The number of carbonyl (C=O) groups excluding carboxylic acids is 3. The highest BCUT2D eigenvalue weighted by molar-refractivity contribution is 5.79. The van der Waals surface area contributed by atoms with Crippen molar-refractivity contribution < 1.29 is 28.7 Å². The molecule has 0 aliphatic carbocycles. The van der Waals surface area contributed by atoms with Gasteiger partial charge in [-0.1, -0.05) is 13.8 Å². The molecule has 0 atom stereocenters. The molecule has 0 spiro atoms. The smallest absolute Gasteiger partial charge is 0.334 e. The number of ether oxygens (including phenoxy) is 2. The molecule has 0 aromatic rings. The lowest BCUT2D eigenvalue weighted by Crippen LogP contribution is -2.32. The molecule has 0 saturated heterocycles. The van der Waals surface area contributed by atoms with Crippen LogP contribution in [0.3, 0.4) is 0 Å². The summed E-state index contributed by atoms with van der Waals surface area (Å²) in [7, 11) is 1.34. The predicted molar refractivity (Wildman–Crippen MR) is 108 cm³/mol. The van der Waals surface area contributed by atoms with E-state index < -0.39 is 17.5 Å². The van der Waals surface area contributed by atoms with Crippen molar-refractivity contribution in [1.29, 1.82) is 0 Å². The van der Waals surface area contributed by atoms with E-state index in [9.17, 15) is 14.4 Å². The predicted octanol–water partition coefficient (Wildman–Crippen LogP) is 3.30. The Kier molecular flexibility index (Phi) is 15.2. The fourth-order valence-electron chi connectivity index (χ4n) is 1.94. The molecule has 0 N–H and O–H groups in total. The Bertz CT molecular complexity index is 508. The van der Waals surface area contributed by atoms with Gasteiger partial charge in [-0.15, -0.1) is 12.3 Å². The molecule has 0 rings (SSSR count). The second kappa shape index (κ2) is 15.1. The minimum absolute atomic E-state index is 0.00678. The van der Waals surface area contributed by atoms with Crippen molar-refractivity contribution in [2.45, 2.75) is 84.8 Å². The highest BCUT2D eigenvalue weighted by atomic mass is 16.7. The number of nitrogens with zero attached hydrogens (tertiary/aromatic N) is 1. The SMILES string of the molecule is C#CCC(C)(C)OCCC(C)(C)OCCC(=O)ON(C)C(=O)CCC=O.CC. The zero-order chi connectivity index (χ0) is 22.2. The van der Waals surface area contributed by atoms with Crippen LogP contribution < -0.4 is 0 Å². The van der Waals surface area contributed by atoms with Gasteiger partial charge in [0.05, 0.1) is 30.8 Å². The van der Waals surface area contributed by atoms with E-state index in [0.717, 1.165) is 5.06 Å². The van der Waals surface area contributed by atoms with Gasteiger partial charge in [0.2, 0.25) is 0 Å². The van der Waals surface area contributed by atoms with Crippen molar-refractivity contribution in [1.82, 2.24) is 5.06 Å². The van der Waals surface area contributed by atoms with E-state index in [2.05, 4.69) is 5.92 Å². The lowest BCUT2D eigenvalue weighted by molar-refractivity contribution is -0.194. The molecule has 28 heavy (non-hydrogen) atoms. The molecular formula is C21H37NO6. The summed E-state index contributed by atoms with van der Waals surface area (Å²) in [5, 5.41) is 0.846. The van der Waals surface area contributed by atoms with E-state index >= 15 is 0 Å². The van der Waals surface area contributed by atoms with Gasteiger partial charge in [0.25, 0.3) is 5.91 Å². The summed E-state index contributed by atoms with van der Waals surface area (Å²) < 4.78 is 11.5. The highest BCUT2D eigenvalue weighted by Gasteiger charge is 2.23. The number of hydrogen-bond acceptors (Lipinski definition) is 6. The summed E-state index contributed by atoms with van der Waals surface area (Å²) >= 11 is 0. The molecule has 0 aromatic carbocycles. The zero-order valence-corrected chi connectivity index (χ0v) is 18.5. The van der Waals surface area contributed by atoms with Gasteiger partial charge in [0.15, 0.2) is 0 Å². The lowest BCUT2D eigenvalue weighted by atomic mass is 10.0. The molecule has 0 saturated carbocycles. The number of hydrogen-bond donors (Lipinski definition) is 0. The first-order valence-electron chi connectivity index (χ1n) is 9.65. The van der Waals surface area contributed by atoms with Crippen molar-refractivity contribution in [3.05, 3.63) is 0 Å². The molecule has 162 valence electrons. The topological polar surface area (TPSA) is 82.1 Å². The van der Waals surface area contributed by atoms with Crippen LogP contribution in [0.2, 0.25) is 0 Å². The maximum Gasteiger partial charge on any atom is 0.334 e. The second-order valence-corrected chi connectivity index (χ2v) is 7.16. The quantitative estimate of drug-likeness (QED) is 0.284. The maximum atomic E-state index is 11.7. The summed E-state index contributed by atoms with van der Waals surface area (Å²) in [4.78, 5) is 38.4. The first-order valence-corrected chi connectivity index (χ1v) is 9.65. The van der Waals surface area contributed by atoms with Crippen LogP contribution in [-0.2, 0) is 28.7 Å². The van der Waals surface area contributed by atoms with Crippen LogP contribution in [-0.4, -0.2) is 54.7 Å². The van der Waals surface area contributed by atoms with Crippen LogP contribution in [0.1, 0.15) is 73.6 Å². The van der Waals surface area contributed by atoms with Gasteiger partial charge in [-0.2, -0.15) is 5.06 Å². The summed E-state index contributed by atoms with van der Waals surface area (Å²) in [6, 6.07) is 0. The van der Waals surface area contributed by atoms with Crippen LogP contribution in [0.15, 0.2) is 0 Å². The Morgan fingerprint density at radius 2 is 1.61 bits per heavy atom. The van der Waals surface area contributed by atoms with Crippen molar-refractivity contribution in [2.75, 3.05) is 20.3 Å². The van der Waals surface area contributed by atoms with Crippen molar-refractivity contribution in [2.24, 2.45) is 0 Å². The molecule has 0 bridgehead atoms. The molecule has 0 radical (unpaired) electrons. The van der Waals surface area contributed by atoms with Gasteiger partial charge >= 0.3 is 5.97 Å². The molecule has 7 heteroatoms. The molecule has 0 heterocycles. The number of rotatable bonds is 12. The van der Waals surface area contributed by atoms with Crippen molar-refractivity contribution >= 4 is 18.2 Å². The molecule has 1 amide bonds. The van der Waals surface area contributed by atoms with Crippen molar-refractivity contribution in [3.63, 3.8) is 0 Å². The Hall–Kier alpha value is -1.91. The standard InChI is InChI=1S/C19H31NO6.C2H6/c1-7-11-18(2,3)25-15-12-19(4,5)24-14-10-17(23)26-20(6)16(22)9-8-13-21;1-2/h1,13H,8-12,14-15H2,2-6H3;1-2H3. The summed E-state index contributed by atoms with van der Waals surface area (Å²) in [6.07, 6.45) is 7.22. The third-order valence-electron chi connectivity index (χ3n) is 3.59. The van der Waals surface area contributed by atoms with Crippen LogP contribution in [0.4, 0.5) is 0 Å². The molecular weight excluding hydrogens is 362 g/mol. The third kappa shape index (κ3) is 15.2. The van der Waals surface area contributed by atoms with E-state index in [1.165, 1.54) is 7.05 Å². The fourth-order valence-corrected chi connectivity index (χ4v) is 1.94. The molecule has 0 aliphatic heterocycles. The number of aldehydes is 1. The molecule has 0 aromatic heterocycles. The fraction of sp³-hybridized carbons (Fsp3) is 0.762. The van der Waals surface area contributed by atoms with Crippen LogP contribution in [0, 0.1) is 12.3 Å². The Morgan fingerprint density at radius 3 is 2.14 bits per heavy atom. The van der Waals surface area contributed by atoms with E-state index in [1.807, 2.05) is 41.5 Å². The number of terminal acetylenes is 1. The molecule has 0 fully saturated rings. The van der Waals surface area contributed by atoms with Crippen LogP contribution >= 0.6 is 0 Å². The molecule has 7 nitrogen and oxygen atoms in total. The van der Waals surface area contributed by atoms with E-state index in [1.54, 1.807) is 0 Å². The number of carbonyl (C=O) groups is 3. The Morgan fingerprint density at radius 1 is 1.04 bits per heavy atom. The highest BCUT2D eigenvalue weighted by Crippen LogP contribution is 2.19. The number of amides is 1. The van der Waals surface area contributed by atoms with E-state index in [0.29, 0.717) is 25.7 Å². The normalized spacial score (nSPS) is 10.9. The summed E-state index contributed by atoms with van der Waals surface area (Å²) in [5.74, 6) is 1.58. The van der Waals surface area contributed by atoms with Crippen molar-refractivity contribution in [3.8, 4) is 12.3 Å². The van der Waals surface area contributed by atoms with Gasteiger partial charge in [-0.3, -0.25) is 4.79 Å². The van der Waals surface area contributed by atoms with Crippen LogP contribution in [0.5, 0.6) is 0 Å². The maximum absolute atomic E-state index is 11.7. The third-order valence-corrected chi connectivity index (χ3v) is 3.59. The van der Waals surface area contributed by atoms with E-state index in [4.69, 9.17) is 20.7 Å². The first kappa shape index (κ1) is 28.3. The van der Waals surface area contributed by atoms with Crippen LogP contribution in [0.25, 0.3) is 0 Å². The Labute approximate surface area is 170 Å².